The van der Waals surface area contributed by atoms with E-state index in [2.05, 4.69) is 6.92 Å². The number of esters is 1. The minimum Gasteiger partial charge on any atom is -0.463 e. The maximum Gasteiger partial charge on any atom is 0.309 e. The number of rotatable bonds is 9. The van der Waals surface area contributed by atoms with Crippen molar-refractivity contribution in [3.05, 3.63) is 0 Å². The molecule has 0 saturated heterocycles. The maximum atomic E-state index is 12.5. The van der Waals surface area contributed by atoms with Crippen LogP contribution in [0.1, 0.15) is 116 Å². The van der Waals surface area contributed by atoms with Gasteiger partial charge in [0.15, 0.2) is 0 Å². The monoisotopic (exact) mass is 406 g/mol. The first-order valence-electron chi connectivity index (χ1n) is 13.0. The molecule has 3 aliphatic carbocycles. The molecular weight excluding hydrogens is 360 g/mol. The Hall–Kier alpha value is -0.570. The number of aliphatic hydroxyl groups is 1. The first-order valence-corrected chi connectivity index (χ1v) is 13.0. The molecule has 1 N–H and O–H groups in total. The fraction of sp³-hybridized carbons (Fsp3) is 0.962. The molecule has 0 bridgehead atoms. The highest BCUT2D eigenvalue weighted by atomic mass is 16.5. The van der Waals surface area contributed by atoms with E-state index in [-0.39, 0.29) is 18.5 Å². The highest BCUT2D eigenvalue weighted by molar-refractivity contribution is 5.72. The van der Waals surface area contributed by atoms with Crippen molar-refractivity contribution in [3.63, 3.8) is 0 Å². The molecule has 0 spiro atoms. The molecule has 1 atom stereocenters. The topological polar surface area (TPSA) is 46.5 Å². The van der Waals surface area contributed by atoms with E-state index in [1.807, 2.05) is 0 Å². The van der Waals surface area contributed by atoms with Crippen molar-refractivity contribution in [3.8, 4) is 0 Å². The number of aliphatic hydroxyl groups excluding tert-OH is 1. The molecule has 29 heavy (non-hydrogen) atoms. The number of hydrogen-bond acceptors (Lipinski definition) is 3. The van der Waals surface area contributed by atoms with Gasteiger partial charge in [0, 0.05) is 0 Å². The molecule has 3 rings (SSSR count). The average molecular weight is 407 g/mol. The maximum absolute atomic E-state index is 12.5. The van der Waals surface area contributed by atoms with Gasteiger partial charge in [0.2, 0.25) is 0 Å². The zero-order valence-corrected chi connectivity index (χ0v) is 19.0. The molecule has 0 aromatic rings. The van der Waals surface area contributed by atoms with Gasteiger partial charge in [0.1, 0.15) is 6.61 Å². The van der Waals surface area contributed by atoms with Crippen molar-refractivity contribution in [1.82, 2.24) is 0 Å². The molecule has 3 nitrogen and oxygen atoms in total. The van der Waals surface area contributed by atoms with Gasteiger partial charge in [0.25, 0.3) is 0 Å². The van der Waals surface area contributed by atoms with Crippen LogP contribution >= 0.6 is 0 Å². The number of ether oxygens (including phenoxy) is 1. The third kappa shape index (κ3) is 7.26. The zero-order valence-electron chi connectivity index (χ0n) is 19.0. The molecule has 3 heteroatoms. The predicted octanol–water partition coefficient (Wildman–Crippen LogP) is 6.66. The Balaban J connectivity index is 1.30. The van der Waals surface area contributed by atoms with E-state index in [0.717, 1.165) is 43.4 Å². The van der Waals surface area contributed by atoms with Crippen LogP contribution < -0.4 is 0 Å². The number of carbonyl (C=O) groups is 1. The first-order chi connectivity index (χ1) is 14.2. The van der Waals surface area contributed by atoms with Gasteiger partial charge in [-0.15, -0.1) is 0 Å². The second-order valence-electron chi connectivity index (χ2n) is 10.5. The minimum atomic E-state index is -0.455. The van der Waals surface area contributed by atoms with Crippen LogP contribution in [0.4, 0.5) is 0 Å². The van der Waals surface area contributed by atoms with E-state index >= 15 is 0 Å². The molecule has 3 saturated carbocycles. The SMILES string of the molecule is CCCCCC1CCC(C2CCC(C(=O)OCC(O)C3CCCCC3)CC2)CC1. The van der Waals surface area contributed by atoms with Crippen LogP contribution in [0.5, 0.6) is 0 Å². The lowest BCUT2D eigenvalue weighted by Crippen LogP contribution is -2.32. The Bertz CT molecular complexity index is 455. The van der Waals surface area contributed by atoms with Crippen LogP contribution in [0.2, 0.25) is 0 Å². The van der Waals surface area contributed by atoms with Crippen LogP contribution in [0.25, 0.3) is 0 Å². The summed E-state index contributed by atoms with van der Waals surface area (Å²) in [6, 6.07) is 0. The van der Waals surface area contributed by atoms with E-state index in [0.29, 0.717) is 5.92 Å². The second kappa shape index (κ2) is 12.3. The molecule has 3 fully saturated rings. The van der Waals surface area contributed by atoms with Crippen molar-refractivity contribution < 1.29 is 14.6 Å². The van der Waals surface area contributed by atoms with Crippen molar-refractivity contribution in [2.45, 2.75) is 122 Å². The summed E-state index contributed by atoms with van der Waals surface area (Å²) in [4.78, 5) is 12.5. The fourth-order valence-corrected chi connectivity index (χ4v) is 6.40. The molecule has 0 amide bonds. The lowest BCUT2D eigenvalue weighted by atomic mass is 9.68. The molecule has 1 unspecified atom stereocenters. The van der Waals surface area contributed by atoms with E-state index in [1.54, 1.807) is 0 Å². The van der Waals surface area contributed by atoms with Gasteiger partial charge in [0.05, 0.1) is 12.0 Å². The summed E-state index contributed by atoms with van der Waals surface area (Å²) in [6.45, 7) is 2.51. The van der Waals surface area contributed by atoms with Gasteiger partial charge < -0.3 is 9.84 Å². The third-order valence-corrected chi connectivity index (χ3v) is 8.47. The minimum absolute atomic E-state index is 0.0436. The molecule has 0 aromatic heterocycles. The van der Waals surface area contributed by atoms with Crippen molar-refractivity contribution in [1.29, 1.82) is 0 Å². The lowest BCUT2D eigenvalue weighted by molar-refractivity contribution is -0.154. The molecule has 0 heterocycles. The van der Waals surface area contributed by atoms with E-state index in [4.69, 9.17) is 4.74 Å². The largest absolute Gasteiger partial charge is 0.463 e. The van der Waals surface area contributed by atoms with Crippen LogP contribution in [-0.4, -0.2) is 23.8 Å². The Morgan fingerprint density at radius 3 is 2.10 bits per heavy atom. The van der Waals surface area contributed by atoms with E-state index in [1.165, 1.54) is 83.5 Å². The summed E-state index contributed by atoms with van der Waals surface area (Å²) in [5, 5.41) is 10.3. The summed E-state index contributed by atoms with van der Waals surface area (Å²) in [6.07, 6.45) is 21.2. The molecule has 0 radical (unpaired) electrons. The molecule has 0 aromatic carbocycles. The number of carbonyl (C=O) groups excluding carboxylic acids is 1. The Morgan fingerprint density at radius 2 is 1.48 bits per heavy atom. The quantitative estimate of drug-likeness (QED) is 0.344. The van der Waals surface area contributed by atoms with Gasteiger partial charge in [-0.05, 0) is 75.0 Å². The van der Waals surface area contributed by atoms with Gasteiger partial charge >= 0.3 is 5.97 Å². The second-order valence-corrected chi connectivity index (χ2v) is 10.5. The fourth-order valence-electron chi connectivity index (χ4n) is 6.40. The average Bonchev–Trinajstić information content (AvgIpc) is 2.78. The van der Waals surface area contributed by atoms with Crippen molar-refractivity contribution >= 4 is 5.97 Å². The highest BCUT2D eigenvalue weighted by Crippen LogP contribution is 2.42. The van der Waals surface area contributed by atoms with Gasteiger partial charge in [-0.1, -0.05) is 64.7 Å². The predicted molar refractivity (Wildman–Crippen MR) is 119 cm³/mol. The molecule has 3 aliphatic rings. The molecule has 168 valence electrons. The zero-order chi connectivity index (χ0) is 20.5. The number of hydrogen-bond donors (Lipinski definition) is 1. The highest BCUT2D eigenvalue weighted by Gasteiger charge is 2.34. The lowest BCUT2D eigenvalue weighted by Gasteiger charge is -2.37. The van der Waals surface area contributed by atoms with Gasteiger partial charge in [-0.3, -0.25) is 4.79 Å². The van der Waals surface area contributed by atoms with E-state index in [9.17, 15) is 9.90 Å². The smallest absolute Gasteiger partial charge is 0.309 e. The van der Waals surface area contributed by atoms with Crippen LogP contribution in [-0.2, 0) is 9.53 Å². The van der Waals surface area contributed by atoms with Crippen LogP contribution in [0, 0.1) is 29.6 Å². The standard InChI is InChI=1S/C26H46O3/c1-2-3-5-8-20-11-13-21(14-12-20)22-15-17-24(18-16-22)26(28)29-19-25(27)23-9-6-4-7-10-23/h20-25,27H,2-19H2,1H3. The molecule has 0 aliphatic heterocycles. The van der Waals surface area contributed by atoms with E-state index < -0.39 is 6.10 Å². The Kier molecular flexibility index (Phi) is 9.82. The van der Waals surface area contributed by atoms with Gasteiger partial charge in [-0.2, -0.15) is 0 Å². The third-order valence-electron chi connectivity index (χ3n) is 8.47. The summed E-state index contributed by atoms with van der Waals surface area (Å²) in [5.41, 5.74) is 0. The summed E-state index contributed by atoms with van der Waals surface area (Å²) in [5.74, 6) is 3.10. The van der Waals surface area contributed by atoms with Crippen molar-refractivity contribution in [2.75, 3.05) is 6.61 Å². The Morgan fingerprint density at radius 1 is 0.862 bits per heavy atom. The van der Waals surface area contributed by atoms with Gasteiger partial charge in [-0.25, -0.2) is 0 Å². The first kappa shape index (κ1) is 23.1. The Labute approximate surface area is 179 Å². The normalized spacial score (nSPS) is 32.6. The van der Waals surface area contributed by atoms with Crippen molar-refractivity contribution in [2.24, 2.45) is 29.6 Å². The van der Waals surface area contributed by atoms with Crippen LogP contribution in [0.15, 0.2) is 0 Å². The molecular formula is C26H46O3. The number of unbranched alkanes of at least 4 members (excludes halogenated alkanes) is 2. The summed E-state index contributed by atoms with van der Waals surface area (Å²) >= 11 is 0. The van der Waals surface area contributed by atoms with Crippen LogP contribution in [0.3, 0.4) is 0 Å². The summed E-state index contributed by atoms with van der Waals surface area (Å²) < 4.78 is 5.55. The summed E-state index contributed by atoms with van der Waals surface area (Å²) in [7, 11) is 0.